The number of halogens is 1. The summed E-state index contributed by atoms with van der Waals surface area (Å²) in [6, 6.07) is 18.8. The first-order valence-corrected chi connectivity index (χ1v) is 11.8. The third-order valence-corrected chi connectivity index (χ3v) is 6.04. The molecule has 3 amide bonds. The van der Waals surface area contributed by atoms with Crippen LogP contribution in [0.5, 0.6) is 0 Å². The Kier molecular flexibility index (Phi) is 8.15. The van der Waals surface area contributed by atoms with Gasteiger partial charge in [0.05, 0.1) is 13.2 Å². The molecule has 4 rings (SSSR count). The Balaban J connectivity index is 1.53. The van der Waals surface area contributed by atoms with E-state index in [-0.39, 0.29) is 19.0 Å². The summed E-state index contributed by atoms with van der Waals surface area (Å²) in [5.41, 5.74) is 3.39. The van der Waals surface area contributed by atoms with Gasteiger partial charge in [-0.1, -0.05) is 42.0 Å². The molecule has 1 aliphatic heterocycles. The van der Waals surface area contributed by atoms with Crippen LogP contribution in [-0.4, -0.2) is 49.1 Å². The lowest BCUT2D eigenvalue weighted by Crippen LogP contribution is -2.47. The molecule has 0 aliphatic carbocycles. The first-order valence-electron chi connectivity index (χ1n) is 11.8. The summed E-state index contributed by atoms with van der Waals surface area (Å²) in [5.74, 6) is -1.04. The number of aryl methyl sites for hydroxylation is 1. The van der Waals surface area contributed by atoms with Crippen LogP contribution in [0, 0.1) is 12.7 Å². The average Bonchev–Trinajstić information content (AvgIpc) is 3.22. The highest BCUT2D eigenvalue weighted by Crippen LogP contribution is 2.34. The molecule has 9 heteroatoms. The first kappa shape index (κ1) is 25.8. The molecule has 1 saturated heterocycles. The first-order chi connectivity index (χ1) is 17.9. The van der Waals surface area contributed by atoms with Crippen LogP contribution in [0.25, 0.3) is 0 Å². The number of carbonyl (C=O) groups is 3. The predicted molar refractivity (Wildman–Crippen MR) is 135 cm³/mol. The lowest BCUT2D eigenvalue weighted by molar-refractivity contribution is -0.126. The van der Waals surface area contributed by atoms with Crippen molar-refractivity contribution in [2.75, 3.05) is 25.6 Å². The van der Waals surface area contributed by atoms with Crippen molar-refractivity contribution >= 4 is 23.6 Å². The fourth-order valence-corrected chi connectivity index (χ4v) is 4.04. The van der Waals surface area contributed by atoms with E-state index in [9.17, 15) is 18.8 Å². The van der Waals surface area contributed by atoms with Gasteiger partial charge in [-0.05, 0) is 54.4 Å². The standard InChI is InChI=1S/C28H28FN3O5/c1-18-3-7-21(8-4-18)26(33)31-23-13-9-20(10-14-23)25-24(27(34)30-15-16-36-2)32(28(35)37-25)17-19-5-11-22(29)12-6-19/h3-14,24-25H,15-17H2,1-2H3,(H,30,34)(H,31,33)/t24-,25-/m1/s1. The van der Waals surface area contributed by atoms with Gasteiger partial charge in [0.2, 0.25) is 5.91 Å². The molecule has 192 valence electrons. The third kappa shape index (κ3) is 6.31. The Morgan fingerprint density at radius 1 is 1.00 bits per heavy atom. The minimum Gasteiger partial charge on any atom is -0.438 e. The normalized spacial score (nSPS) is 16.8. The second-order valence-electron chi connectivity index (χ2n) is 8.73. The number of rotatable bonds is 9. The number of cyclic esters (lactones) is 1. The Bertz CT molecular complexity index is 1250. The zero-order valence-electron chi connectivity index (χ0n) is 20.6. The maximum Gasteiger partial charge on any atom is 0.411 e. The molecule has 2 atom stereocenters. The van der Waals surface area contributed by atoms with Gasteiger partial charge in [-0.3, -0.25) is 14.5 Å². The average molecular weight is 506 g/mol. The SMILES string of the molecule is COCCNC(=O)[C@H]1[C@@H](c2ccc(NC(=O)c3ccc(C)cc3)cc2)OC(=O)N1Cc1ccc(F)cc1. The highest BCUT2D eigenvalue weighted by molar-refractivity contribution is 6.04. The fourth-order valence-electron chi connectivity index (χ4n) is 4.04. The van der Waals surface area contributed by atoms with Crippen molar-refractivity contribution in [1.29, 1.82) is 0 Å². The van der Waals surface area contributed by atoms with Gasteiger partial charge in [-0.2, -0.15) is 0 Å². The van der Waals surface area contributed by atoms with Crippen LogP contribution in [0.2, 0.25) is 0 Å². The minimum atomic E-state index is -0.956. The smallest absolute Gasteiger partial charge is 0.411 e. The van der Waals surface area contributed by atoms with E-state index in [0.29, 0.717) is 29.0 Å². The van der Waals surface area contributed by atoms with Crippen molar-refractivity contribution in [3.63, 3.8) is 0 Å². The molecule has 3 aromatic carbocycles. The largest absolute Gasteiger partial charge is 0.438 e. The summed E-state index contributed by atoms with van der Waals surface area (Å²) in [4.78, 5) is 39.8. The number of hydrogen-bond acceptors (Lipinski definition) is 5. The summed E-state index contributed by atoms with van der Waals surface area (Å²) >= 11 is 0. The minimum absolute atomic E-state index is 0.0721. The van der Waals surface area contributed by atoms with Gasteiger partial charge in [-0.15, -0.1) is 0 Å². The van der Waals surface area contributed by atoms with Crippen molar-refractivity contribution in [1.82, 2.24) is 10.2 Å². The third-order valence-electron chi connectivity index (χ3n) is 6.04. The number of nitrogens with zero attached hydrogens (tertiary/aromatic N) is 1. The molecule has 1 heterocycles. The lowest BCUT2D eigenvalue weighted by atomic mass is 10.00. The molecular weight excluding hydrogens is 477 g/mol. The maximum atomic E-state index is 13.4. The number of hydrogen-bond donors (Lipinski definition) is 2. The lowest BCUT2D eigenvalue weighted by Gasteiger charge is -2.24. The molecule has 1 fully saturated rings. The highest BCUT2D eigenvalue weighted by Gasteiger charge is 2.46. The van der Waals surface area contributed by atoms with E-state index < -0.39 is 30.0 Å². The van der Waals surface area contributed by atoms with Gasteiger partial charge in [0.1, 0.15) is 5.82 Å². The van der Waals surface area contributed by atoms with Crippen LogP contribution >= 0.6 is 0 Å². The van der Waals surface area contributed by atoms with Gasteiger partial charge in [-0.25, -0.2) is 9.18 Å². The number of amides is 3. The second kappa shape index (κ2) is 11.7. The molecule has 37 heavy (non-hydrogen) atoms. The van der Waals surface area contributed by atoms with E-state index in [1.165, 1.54) is 24.1 Å². The zero-order chi connectivity index (χ0) is 26.4. The van der Waals surface area contributed by atoms with Crippen LogP contribution in [0.3, 0.4) is 0 Å². The van der Waals surface area contributed by atoms with E-state index in [4.69, 9.17) is 9.47 Å². The van der Waals surface area contributed by atoms with Gasteiger partial charge >= 0.3 is 6.09 Å². The van der Waals surface area contributed by atoms with Crippen LogP contribution in [0.1, 0.15) is 33.2 Å². The van der Waals surface area contributed by atoms with Crippen LogP contribution in [-0.2, 0) is 20.8 Å². The van der Waals surface area contributed by atoms with Crippen molar-refractivity contribution in [3.05, 3.63) is 101 Å². The van der Waals surface area contributed by atoms with Crippen molar-refractivity contribution in [2.24, 2.45) is 0 Å². The summed E-state index contributed by atoms with van der Waals surface area (Å²) in [6.45, 7) is 2.59. The van der Waals surface area contributed by atoms with Gasteiger partial charge in [0, 0.05) is 24.9 Å². The Hall–Kier alpha value is -4.24. The molecule has 0 unspecified atom stereocenters. The topological polar surface area (TPSA) is 97.0 Å². The quantitative estimate of drug-likeness (QED) is 0.425. The summed E-state index contributed by atoms with van der Waals surface area (Å²) < 4.78 is 24.0. The molecule has 2 N–H and O–H groups in total. The fraction of sp³-hybridized carbons (Fsp3) is 0.250. The van der Waals surface area contributed by atoms with Gasteiger partial charge in [0.25, 0.3) is 5.91 Å². The van der Waals surface area contributed by atoms with Gasteiger partial charge < -0.3 is 20.1 Å². The van der Waals surface area contributed by atoms with Crippen molar-refractivity contribution < 1.29 is 28.2 Å². The summed E-state index contributed by atoms with van der Waals surface area (Å²) in [7, 11) is 1.52. The number of ether oxygens (including phenoxy) is 2. The molecule has 0 radical (unpaired) electrons. The molecule has 0 bridgehead atoms. The van der Waals surface area contributed by atoms with E-state index in [1.807, 2.05) is 19.1 Å². The number of benzene rings is 3. The summed E-state index contributed by atoms with van der Waals surface area (Å²) in [5, 5.41) is 5.61. The molecule has 8 nitrogen and oxygen atoms in total. The Morgan fingerprint density at radius 3 is 2.32 bits per heavy atom. The number of anilines is 1. The predicted octanol–water partition coefficient (Wildman–Crippen LogP) is 4.21. The molecule has 0 saturated carbocycles. The van der Waals surface area contributed by atoms with Crippen molar-refractivity contribution in [3.8, 4) is 0 Å². The van der Waals surface area contributed by atoms with Gasteiger partial charge in [0.15, 0.2) is 12.1 Å². The van der Waals surface area contributed by atoms with E-state index in [1.54, 1.807) is 48.5 Å². The Labute approximate surface area is 214 Å². The number of methoxy groups -OCH3 is 1. The molecule has 0 aromatic heterocycles. The Morgan fingerprint density at radius 2 is 1.68 bits per heavy atom. The monoisotopic (exact) mass is 505 g/mol. The number of carbonyl (C=O) groups excluding carboxylic acids is 3. The van der Waals surface area contributed by atoms with Crippen LogP contribution in [0.15, 0.2) is 72.8 Å². The van der Waals surface area contributed by atoms with Crippen molar-refractivity contribution in [2.45, 2.75) is 25.6 Å². The highest BCUT2D eigenvalue weighted by atomic mass is 19.1. The zero-order valence-corrected chi connectivity index (χ0v) is 20.6. The molecular formula is C28H28FN3O5. The second-order valence-corrected chi connectivity index (χ2v) is 8.73. The molecule has 0 spiro atoms. The van der Waals surface area contributed by atoms with E-state index >= 15 is 0 Å². The summed E-state index contributed by atoms with van der Waals surface area (Å²) in [6.07, 6.45) is -1.53. The molecule has 1 aliphatic rings. The van der Waals surface area contributed by atoms with E-state index in [2.05, 4.69) is 10.6 Å². The molecule has 3 aromatic rings. The van der Waals surface area contributed by atoms with Crippen LogP contribution in [0.4, 0.5) is 14.9 Å². The van der Waals surface area contributed by atoms with Crippen LogP contribution < -0.4 is 10.6 Å². The maximum absolute atomic E-state index is 13.4. The van der Waals surface area contributed by atoms with E-state index in [0.717, 1.165) is 5.56 Å². The number of nitrogens with one attached hydrogen (secondary N) is 2.